The van der Waals surface area contributed by atoms with E-state index in [0.717, 1.165) is 10.9 Å². The van der Waals surface area contributed by atoms with Crippen molar-refractivity contribution < 1.29 is 14.0 Å². The fourth-order valence-electron chi connectivity index (χ4n) is 2.85. The number of aromatic nitrogens is 2. The van der Waals surface area contributed by atoms with Crippen LogP contribution in [0.25, 0.3) is 10.9 Å². The second-order valence-electron chi connectivity index (χ2n) is 6.09. The number of H-pyrrole nitrogens is 1. The Hall–Kier alpha value is -4.07. The van der Waals surface area contributed by atoms with Crippen LogP contribution in [0.5, 0.6) is 0 Å². The maximum Gasteiger partial charge on any atom is 0.305 e. The van der Waals surface area contributed by atoms with Crippen molar-refractivity contribution in [3.8, 4) is 0 Å². The van der Waals surface area contributed by atoms with Gasteiger partial charge in [-0.2, -0.15) is 0 Å². The van der Waals surface area contributed by atoms with Gasteiger partial charge in [0.05, 0.1) is 12.1 Å². The summed E-state index contributed by atoms with van der Waals surface area (Å²) in [6.07, 6.45) is 3.21. The van der Waals surface area contributed by atoms with Gasteiger partial charge in [0.15, 0.2) is 5.76 Å². The minimum Gasteiger partial charge on any atom is -0.454 e. The number of benzene rings is 1. The average Bonchev–Trinajstić information content (AvgIpc) is 3.35. The lowest BCUT2D eigenvalue weighted by Crippen LogP contribution is -2.41. The molecule has 3 aromatic heterocycles. The highest BCUT2D eigenvalue weighted by atomic mass is 16.4. The van der Waals surface area contributed by atoms with Crippen LogP contribution >= 0.6 is 0 Å². The molecule has 0 saturated carbocycles. The number of hydrazine groups is 1. The molecule has 28 heavy (non-hydrogen) atoms. The summed E-state index contributed by atoms with van der Waals surface area (Å²) in [6, 6.07) is 15.3. The first-order valence-corrected chi connectivity index (χ1v) is 8.53. The van der Waals surface area contributed by atoms with Gasteiger partial charge in [-0.15, -0.1) is 0 Å². The Labute approximate surface area is 158 Å². The SMILES string of the molecule is O=C(NNC(=O)c1c[nH]c2ccccc12)c1ccc(Cn2ccccc2=O)o1. The predicted octanol–water partition coefficient (Wildman–Crippen LogP) is 2.05. The average molecular weight is 376 g/mol. The van der Waals surface area contributed by atoms with Crippen LogP contribution in [-0.2, 0) is 6.54 Å². The van der Waals surface area contributed by atoms with Gasteiger partial charge < -0.3 is 14.0 Å². The van der Waals surface area contributed by atoms with E-state index < -0.39 is 11.8 Å². The van der Waals surface area contributed by atoms with E-state index in [4.69, 9.17) is 4.42 Å². The van der Waals surface area contributed by atoms with E-state index in [1.165, 1.54) is 16.7 Å². The normalized spacial score (nSPS) is 10.7. The topological polar surface area (TPSA) is 109 Å². The zero-order valence-electron chi connectivity index (χ0n) is 14.6. The molecule has 0 unspecified atom stereocenters. The van der Waals surface area contributed by atoms with Crippen LogP contribution in [0.2, 0.25) is 0 Å². The Morgan fingerprint density at radius 2 is 1.75 bits per heavy atom. The number of hydrogen-bond donors (Lipinski definition) is 3. The number of fused-ring (bicyclic) bond motifs is 1. The van der Waals surface area contributed by atoms with Crippen LogP contribution in [0.15, 0.2) is 76.2 Å². The fraction of sp³-hybridized carbons (Fsp3) is 0.0500. The van der Waals surface area contributed by atoms with Crippen LogP contribution in [-0.4, -0.2) is 21.4 Å². The molecular formula is C20H16N4O4. The zero-order chi connectivity index (χ0) is 19.5. The van der Waals surface area contributed by atoms with Crippen LogP contribution in [0.1, 0.15) is 26.7 Å². The first-order valence-electron chi connectivity index (χ1n) is 8.53. The summed E-state index contributed by atoms with van der Waals surface area (Å²) in [5.74, 6) is -0.576. The standard InChI is InChI=1S/C20H16N4O4/c25-18-7-3-4-10-24(18)12-13-8-9-17(28-13)20(27)23-22-19(26)15-11-21-16-6-2-1-5-14(15)16/h1-11,21H,12H2,(H,22,26)(H,23,27). The molecule has 8 heteroatoms. The monoisotopic (exact) mass is 376 g/mol. The quantitative estimate of drug-likeness (QED) is 0.474. The van der Waals surface area contributed by atoms with Gasteiger partial charge in [-0.05, 0) is 24.3 Å². The summed E-state index contributed by atoms with van der Waals surface area (Å²) in [4.78, 5) is 39.3. The Kier molecular flexibility index (Phi) is 4.51. The van der Waals surface area contributed by atoms with E-state index in [0.29, 0.717) is 11.3 Å². The van der Waals surface area contributed by atoms with Gasteiger partial charge in [-0.25, -0.2) is 0 Å². The van der Waals surface area contributed by atoms with Crippen molar-refractivity contribution in [2.75, 3.05) is 0 Å². The highest BCUT2D eigenvalue weighted by molar-refractivity contribution is 6.07. The minimum atomic E-state index is -0.597. The van der Waals surface area contributed by atoms with E-state index in [1.54, 1.807) is 30.6 Å². The Bertz CT molecular complexity index is 1220. The highest BCUT2D eigenvalue weighted by Gasteiger charge is 2.15. The second kappa shape index (κ2) is 7.28. The first kappa shape index (κ1) is 17.3. The summed E-state index contributed by atoms with van der Waals surface area (Å²) in [7, 11) is 0. The van der Waals surface area contributed by atoms with Crippen molar-refractivity contribution >= 4 is 22.7 Å². The number of para-hydroxylation sites is 1. The van der Waals surface area contributed by atoms with Gasteiger partial charge in [0, 0.05) is 29.4 Å². The van der Waals surface area contributed by atoms with Crippen LogP contribution < -0.4 is 16.4 Å². The zero-order valence-corrected chi connectivity index (χ0v) is 14.6. The van der Waals surface area contributed by atoms with Crippen molar-refractivity contribution in [1.82, 2.24) is 20.4 Å². The van der Waals surface area contributed by atoms with E-state index in [2.05, 4.69) is 15.8 Å². The van der Waals surface area contributed by atoms with Crippen molar-refractivity contribution in [1.29, 1.82) is 0 Å². The molecule has 1 aromatic carbocycles. The van der Waals surface area contributed by atoms with Crippen molar-refractivity contribution in [3.05, 3.63) is 94.4 Å². The summed E-state index contributed by atoms with van der Waals surface area (Å²) in [5, 5.41) is 0.753. The maximum absolute atomic E-state index is 12.3. The molecule has 0 aliphatic carbocycles. The van der Waals surface area contributed by atoms with Crippen molar-refractivity contribution in [3.63, 3.8) is 0 Å². The van der Waals surface area contributed by atoms with E-state index in [1.807, 2.05) is 24.3 Å². The summed E-state index contributed by atoms with van der Waals surface area (Å²) >= 11 is 0. The molecule has 2 amide bonds. The molecule has 0 fully saturated rings. The van der Waals surface area contributed by atoms with Gasteiger partial charge in [0.2, 0.25) is 0 Å². The maximum atomic E-state index is 12.3. The summed E-state index contributed by atoms with van der Waals surface area (Å²) in [5.41, 5.74) is 5.77. The van der Waals surface area contributed by atoms with Gasteiger partial charge in [0.1, 0.15) is 5.76 Å². The lowest BCUT2D eigenvalue weighted by molar-refractivity contribution is 0.0830. The van der Waals surface area contributed by atoms with E-state index in [9.17, 15) is 14.4 Å². The van der Waals surface area contributed by atoms with Crippen molar-refractivity contribution in [2.45, 2.75) is 6.54 Å². The van der Waals surface area contributed by atoms with Crippen molar-refractivity contribution in [2.24, 2.45) is 0 Å². The number of carbonyl (C=O) groups is 2. The van der Waals surface area contributed by atoms with Gasteiger partial charge in [-0.3, -0.25) is 25.2 Å². The third-order valence-corrected chi connectivity index (χ3v) is 4.23. The molecule has 0 atom stereocenters. The number of pyridine rings is 1. The third-order valence-electron chi connectivity index (χ3n) is 4.23. The number of rotatable bonds is 4. The van der Waals surface area contributed by atoms with Gasteiger partial charge in [0.25, 0.3) is 11.5 Å². The predicted molar refractivity (Wildman–Crippen MR) is 102 cm³/mol. The Balaban J connectivity index is 1.40. The molecule has 8 nitrogen and oxygen atoms in total. The molecule has 0 spiro atoms. The lowest BCUT2D eigenvalue weighted by Gasteiger charge is -2.05. The number of hydrogen-bond acceptors (Lipinski definition) is 4. The lowest BCUT2D eigenvalue weighted by atomic mass is 10.2. The molecule has 4 rings (SSSR count). The number of aromatic amines is 1. The molecule has 0 aliphatic rings. The summed E-state index contributed by atoms with van der Waals surface area (Å²) < 4.78 is 6.93. The first-order chi connectivity index (χ1) is 13.6. The molecule has 0 aliphatic heterocycles. The second-order valence-corrected chi connectivity index (χ2v) is 6.09. The van der Waals surface area contributed by atoms with Crippen LogP contribution in [0.3, 0.4) is 0 Å². The largest absolute Gasteiger partial charge is 0.454 e. The molecular weight excluding hydrogens is 360 g/mol. The number of carbonyl (C=O) groups excluding carboxylic acids is 2. The third kappa shape index (κ3) is 3.43. The van der Waals surface area contributed by atoms with Crippen LogP contribution in [0, 0.1) is 0 Å². The van der Waals surface area contributed by atoms with E-state index >= 15 is 0 Å². The number of nitrogens with one attached hydrogen (secondary N) is 3. The molecule has 3 heterocycles. The molecule has 0 radical (unpaired) electrons. The smallest absolute Gasteiger partial charge is 0.305 e. The molecule has 0 bridgehead atoms. The fourth-order valence-corrected chi connectivity index (χ4v) is 2.85. The number of furan rings is 1. The Morgan fingerprint density at radius 1 is 0.964 bits per heavy atom. The number of nitrogens with zero attached hydrogens (tertiary/aromatic N) is 1. The highest BCUT2D eigenvalue weighted by Crippen LogP contribution is 2.17. The van der Waals surface area contributed by atoms with E-state index in [-0.39, 0.29) is 17.9 Å². The van der Waals surface area contributed by atoms with Crippen LogP contribution in [0.4, 0.5) is 0 Å². The Morgan fingerprint density at radius 3 is 2.61 bits per heavy atom. The molecule has 4 aromatic rings. The minimum absolute atomic E-state index is 0.0261. The summed E-state index contributed by atoms with van der Waals surface area (Å²) in [6.45, 7) is 0.203. The number of amides is 2. The molecule has 140 valence electrons. The van der Waals surface area contributed by atoms with Gasteiger partial charge >= 0.3 is 5.91 Å². The molecule has 3 N–H and O–H groups in total. The van der Waals surface area contributed by atoms with Gasteiger partial charge in [-0.1, -0.05) is 24.3 Å². The molecule has 0 saturated heterocycles.